The summed E-state index contributed by atoms with van der Waals surface area (Å²) in [4.78, 5) is 11.6. The minimum Gasteiger partial charge on any atom is -0.459 e. The molecule has 0 aromatic heterocycles. The Morgan fingerprint density at radius 2 is 2.12 bits per heavy atom. The Kier molecular flexibility index (Phi) is 5.46. The van der Waals surface area contributed by atoms with Crippen LogP contribution in [0.15, 0.2) is 24.8 Å². The van der Waals surface area contributed by atoms with Crippen molar-refractivity contribution in [2.24, 2.45) is 17.8 Å². The molecule has 96 valence electrons. The van der Waals surface area contributed by atoms with Crippen LogP contribution in [0.4, 0.5) is 0 Å². The SMILES string of the molecule is C=C/C=C/C(=O)OC1CC(C)CCC1C(C)C. The average Bonchev–Trinajstić information content (AvgIpc) is 2.26. The largest absolute Gasteiger partial charge is 0.459 e. The van der Waals surface area contributed by atoms with E-state index in [1.807, 2.05) is 0 Å². The molecule has 0 spiro atoms. The first-order valence-corrected chi connectivity index (χ1v) is 6.54. The second kappa shape index (κ2) is 6.63. The van der Waals surface area contributed by atoms with Crippen LogP contribution in [0.25, 0.3) is 0 Å². The Bertz CT molecular complexity index is 291. The fraction of sp³-hybridized carbons (Fsp3) is 0.667. The summed E-state index contributed by atoms with van der Waals surface area (Å²) in [5.74, 6) is 1.50. The summed E-state index contributed by atoms with van der Waals surface area (Å²) in [7, 11) is 0. The molecule has 17 heavy (non-hydrogen) atoms. The second-order valence-corrected chi connectivity index (χ2v) is 5.40. The Labute approximate surface area is 105 Å². The highest BCUT2D eigenvalue weighted by Crippen LogP contribution is 2.35. The van der Waals surface area contributed by atoms with Crippen LogP contribution in [0, 0.1) is 17.8 Å². The standard InChI is InChI=1S/C15H24O2/c1-5-6-7-15(16)17-14-10-12(4)8-9-13(14)11(2)3/h5-7,11-14H,1,8-10H2,2-4H3/b7-6+. The van der Waals surface area contributed by atoms with Crippen LogP contribution in [-0.4, -0.2) is 12.1 Å². The summed E-state index contributed by atoms with van der Waals surface area (Å²) in [5.41, 5.74) is 0. The number of esters is 1. The van der Waals surface area contributed by atoms with E-state index in [9.17, 15) is 4.79 Å². The van der Waals surface area contributed by atoms with Crippen LogP contribution in [0.5, 0.6) is 0 Å². The van der Waals surface area contributed by atoms with Crippen LogP contribution in [0.1, 0.15) is 40.0 Å². The van der Waals surface area contributed by atoms with Crippen molar-refractivity contribution >= 4 is 5.97 Å². The van der Waals surface area contributed by atoms with Crippen molar-refractivity contribution in [1.82, 2.24) is 0 Å². The first-order chi connectivity index (χ1) is 8.04. The van der Waals surface area contributed by atoms with E-state index in [1.54, 1.807) is 12.2 Å². The zero-order valence-electron chi connectivity index (χ0n) is 11.2. The van der Waals surface area contributed by atoms with Crippen molar-refractivity contribution in [3.63, 3.8) is 0 Å². The third kappa shape index (κ3) is 4.37. The molecule has 3 atom stereocenters. The summed E-state index contributed by atoms with van der Waals surface area (Å²) in [6.45, 7) is 10.2. The number of hydrogen-bond donors (Lipinski definition) is 0. The molecule has 0 saturated heterocycles. The first-order valence-electron chi connectivity index (χ1n) is 6.54. The van der Waals surface area contributed by atoms with E-state index in [-0.39, 0.29) is 12.1 Å². The third-order valence-corrected chi connectivity index (χ3v) is 3.60. The maximum Gasteiger partial charge on any atom is 0.331 e. The van der Waals surface area contributed by atoms with E-state index in [0.29, 0.717) is 17.8 Å². The highest BCUT2D eigenvalue weighted by Gasteiger charge is 2.32. The van der Waals surface area contributed by atoms with Gasteiger partial charge in [0.25, 0.3) is 0 Å². The minimum absolute atomic E-state index is 0.0840. The lowest BCUT2D eigenvalue weighted by atomic mass is 9.75. The topological polar surface area (TPSA) is 26.3 Å². The predicted octanol–water partition coefficient (Wildman–Crippen LogP) is 3.73. The van der Waals surface area contributed by atoms with Crippen molar-refractivity contribution in [3.05, 3.63) is 24.8 Å². The van der Waals surface area contributed by atoms with E-state index in [1.165, 1.54) is 18.9 Å². The van der Waals surface area contributed by atoms with Crippen LogP contribution in [0.3, 0.4) is 0 Å². The van der Waals surface area contributed by atoms with Gasteiger partial charge in [-0.1, -0.05) is 45.9 Å². The fourth-order valence-electron chi connectivity index (χ4n) is 2.59. The van der Waals surface area contributed by atoms with Gasteiger partial charge in [0.2, 0.25) is 0 Å². The molecule has 0 aromatic rings. The summed E-state index contributed by atoms with van der Waals surface area (Å²) in [5, 5.41) is 0. The number of ether oxygens (including phenoxy) is 1. The molecule has 1 aliphatic rings. The summed E-state index contributed by atoms with van der Waals surface area (Å²) < 4.78 is 5.56. The van der Waals surface area contributed by atoms with Gasteiger partial charge in [-0.15, -0.1) is 0 Å². The molecule has 0 N–H and O–H groups in total. The second-order valence-electron chi connectivity index (χ2n) is 5.40. The van der Waals surface area contributed by atoms with Gasteiger partial charge in [-0.25, -0.2) is 4.79 Å². The lowest BCUT2D eigenvalue weighted by Gasteiger charge is -2.36. The highest BCUT2D eigenvalue weighted by molar-refractivity contribution is 5.82. The quantitative estimate of drug-likeness (QED) is 0.422. The summed E-state index contributed by atoms with van der Waals surface area (Å²) in [6, 6.07) is 0. The van der Waals surface area contributed by atoms with E-state index in [0.717, 1.165) is 6.42 Å². The van der Waals surface area contributed by atoms with E-state index in [4.69, 9.17) is 4.74 Å². The molecule has 0 radical (unpaired) electrons. The van der Waals surface area contributed by atoms with Gasteiger partial charge in [0.05, 0.1) is 0 Å². The Hall–Kier alpha value is -1.05. The van der Waals surface area contributed by atoms with Crippen LogP contribution >= 0.6 is 0 Å². The van der Waals surface area contributed by atoms with E-state index in [2.05, 4.69) is 27.4 Å². The zero-order valence-corrected chi connectivity index (χ0v) is 11.2. The van der Waals surface area contributed by atoms with Gasteiger partial charge in [-0.3, -0.25) is 0 Å². The molecule has 3 unspecified atom stereocenters. The predicted molar refractivity (Wildman–Crippen MR) is 70.6 cm³/mol. The van der Waals surface area contributed by atoms with Gasteiger partial charge in [0, 0.05) is 6.08 Å². The molecule has 0 bridgehead atoms. The molecule has 1 rings (SSSR count). The van der Waals surface area contributed by atoms with Crippen molar-refractivity contribution in [2.75, 3.05) is 0 Å². The van der Waals surface area contributed by atoms with Gasteiger partial charge in [0.15, 0.2) is 0 Å². The average molecular weight is 236 g/mol. The molecule has 1 aliphatic carbocycles. The first kappa shape index (κ1) is 14.0. The maximum atomic E-state index is 11.6. The van der Waals surface area contributed by atoms with Crippen LogP contribution < -0.4 is 0 Å². The van der Waals surface area contributed by atoms with Crippen molar-refractivity contribution in [3.8, 4) is 0 Å². The molecule has 0 aromatic carbocycles. The van der Waals surface area contributed by atoms with Gasteiger partial charge in [0.1, 0.15) is 6.10 Å². The molecule has 1 fully saturated rings. The molecule has 0 amide bonds. The monoisotopic (exact) mass is 236 g/mol. The Morgan fingerprint density at radius 3 is 2.71 bits per heavy atom. The minimum atomic E-state index is -0.241. The number of allylic oxidation sites excluding steroid dienone is 2. The summed E-state index contributed by atoms with van der Waals surface area (Å²) >= 11 is 0. The fourth-order valence-corrected chi connectivity index (χ4v) is 2.59. The van der Waals surface area contributed by atoms with Crippen molar-refractivity contribution < 1.29 is 9.53 Å². The highest BCUT2D eigenvalue weighted by atomic mass is 16.5. The van der Waals surface area contributed by atoms with E-state index < -0.39 is 0 Å². The van der Waals surface area contributed by atoms with Gasteiger partial charge in [-0.2, -0.15) is 0 Å². The van der Waals surface area contributed by atoms with Gasteiger partial charge < -0.3 is 4.74 Å². The Morgan fingerprint density at radius 1 is 1.41 bits per heavy atom. The number of carbonyl (C=O) groups is 1. The smallest absolute Gasteiger partial charge is 0.331 e. The van der Waals surface area contributed by atoms with Crippen LogP contribution in [-0.2, 0) is 9.53 Å². The molecular formula is C15H24O2. The number of carbonyl (C=O) groups excluding carboxylic acids is 1. The Balaban J connectivity index is 2.60. The maximum absolute atomic E-state index is 11.6. The number of rotatable bonds is 4. The van der Waals surface area contributed by atoms with Gasteiger partial charge >= 0.3 is 5.97 Å². The number of hydrogen-bond acceptors (Lipinski definition) is 2. The van der Waals surface area contributed by atoms with Crippen LogP contribution in [0.2, 0.25) is 0 Å². The molecule has 0 heterocycles. The molecule has 0 aliphatic heterocycles. The van der Waals surface area contributed by atoms with Crippen molar-refractivity contribution in [1.29, 1.82) is 0 Å². The third-order valence-electron chi connectivity index (χ3n) is 3.60. The molecule has 1 saturated carbocycles. The van der Waals surface area contributed by atoms with E-state index >= 15 is 0 Å². The van der Waals surface area contributed by atoms with Crippen molar-refractivity contribution in [2.45, 2.75) is 46.1 Å². The summed E-state index contributed by atoms with van der Waals surface area (Å²) in [6.07, 6.45) is 8.16. The lowest BCUT2D eigenvalue weighted by molar-refractivity contribution is -0.149. The normalized spacial score (nSPS) is 29.5. The van der Waals surface area contributed by atoms with Gasteiger partial charge in [-0.05, 0) is 30.6 Å². The zero-order chi connectivity index (χ0) is 12.8. The lowest BCUT2D eigenvalue weighted by Crippen LogP contribution is -2.35. The molecule has 2 heteroatoms. The molecule has 2 nitrogen and oxygen atoms in total. The molecular weight excluding hydrogens is 212 g/mol.